The van der Waals surface area contributed by atoms with E-state index in [1.165, 1.54) is 12.4 Å². The maximum Gasteiger partial charge on any atom is 0.208 e. The van der Waals surface area contributed by atoms with Gasteiger partial charge in [-0.2, -0.15) is 0 Å². The number of nitrogens with zero attached hydrogens (tertiary/aromatic N) is 2. The van der Waals surface area contributed by atoms with E-state index in [9.17, 15) is 19.8 Å². The summed E-state index contributed by atoms with van der Waals surface area (Å²) in [6, 6.07) is 3.84. The van der Waals surface area contributed by atoms with Crippen LogP contribution in [0.25, 0.3) is 0 Å². The van der Waals surface area contributed by atoms with Gasteiger partial charge in [-0.05, 0) is 51.0 Å². The first kappa shape index (κ1) is 26.3. The standard InChI is InChI=1S/C24H26N4O4.Zn/c1-13-5-21(27-9-19-17(11-29)7-25-15(3)23(19)31)22(6-14(13)2)28-10-20-18(12-30)8-26-16(4)24(20)32;/h5-10,27-30H,11-12H2,1-4H3;/b19-9-,20-10-;. The second kappa shape index (κ2) is 11.2. The second-order valence-corrected chi connectivity index (χ2v) is 7.60. The van der Waals surface area contributed by atoms with Crippen LogP contribution in [-0.2, 0) is 29.1 Å². The topological polar surface area (TPSA) is 123 Å². The molecule has 0 spiro atoms. The third-order valence-corrected chi connectivity index (χ3v) is 5.39. The molecule has 2 aliphatic rings. The fourth-order valence-electron chi connectivity index (χ4n) is 3.21. The minimum absolute atomic E-state index is 0. The SMILES string of the molecule is CC1=NC=C(CO)/C(=C/Nc2cc(C)c(C)cc2N/C=C2\C(=O)C(C)=NC=C2CO)C1=O.[Zn]. The van der Waals surface area contributed by atoms with Gasteiger partial charge in [0.2, 0.25) is 11.6 Å². The van der Waals surface area contributed by atoms with Crippen LogP contribution in [-0.4, -0.2) is 46.4 Å². The van der Waals surface area contributed by atoms with Gasteiger partial charge in [-0.25, -0.2) is 0 Å². The third kappa shape index (κ3) is 5.68. The maximum absolute atomic E-state index is 12.5. The minimum atomic E-state index is -0.306. The summed E-state index contributed by atoms with van der Waals surface area (Å²) in [6.45, 7) is 6.56. The first-order chi connectivity index (χ1) is 15.3. The van der Waals surface area contributed by atoms with E-state index in [4.69, 9.17) is 0 Å². The Kier molecular flexibility index (Phi) is 8.94. The van der Waals surface area contributed by atoms with Gasteiger partial charge in [0.15, 0.2) is 0 Å². The number of Topliss-reactive ketones (excluding diaryl/α,β-unsaturated/α-hetero) is 2. The monoisotopic (exact) mass is 498 g/mol. The van der Waals surface area contributed by atoms with Gasteiger partial charge in [0, 0.05) is 66.6 Å². The molecule has 0 radical (unpaired) electrons. The molecule has 0 aliphatic carbocycles. The van der Waals surface area contributed by atoms with E-state index < -0.39 is 0 Å². The third-order valence-electron chi connectivity index (χ3n) is 5.39. The Balaban J connectivity index is 0.00000385. The van der Waals surface area contributed by atoms with Crippen LogP contribution in [0.2, 0.25) is 0 Å². The van der Waals surface area contributed by atoms with Gasteiger partial charge in [0.05, 0.1) is 36.0 Å². The molecule has 0 bridgehead atoms. The molecule has 0 fully saturated rings. The molecule has 0 saturated heterocycles. The van der Waals surface area contributed by atoms with Gasteiger partial charge in [-0.15, -0.1) is 0 Å². The number of rotatable bonds is 6. The van der Waals surface area contributed by atoms with Gasteiger partial charge >= 0.3 is 0 Å². The number of benzene rings is 1. The summed E-state index contributed by atoms with van der Waals surface area (Å²) in [4.78, 5) is 33.0. The van der Waals surface area contributed by atoms with Crippen molar-refractivity contribution < 1.29 is 39.3 Å². The number of anilines is 2. The normalized spacial score (nSPS) is 18.4. The predicted octanol–water partition coefficient (Wildman–Crippen LogP) is 2.73. The second-order valence-electron chi connectivity index (χ2n) is 7.60. The first-order valence-corrected chi connectivity index (χ1v) is 10.1. The summed E-state index contributed by atoms with van der Waals surface area (Å²) in [5.41, 5.74) is 5.61. The van der Waals surface area contributed by atoms with Gasteiger partial charge < -0.3 is 20.8 Å². The molecule has 2 aliphatic heterocycles. The van der Waals surface area contributed by atoms with Gasteiger partial charge in [0.1, 0.15) is 0 Å². The van der Waals surface area contributed by atoms with E-state index in [0.717, 1.165) is 11.1 Å². The Morgan fingerprint density at radius 3 is 1.45 bits per heavy atom. The van der Waals surface area contributed by atoms with Crippen LogP contribution in [0.15, 0.2) is 69.2 Å². The zero-order valence-corrected chi connectivity index (χ0v) is 22.2. The van der Waals surface area contributed by atoms with Crippen molar-refractivity contribution in [3.05, 3.63) is 70.4 Å². The Labute approximate surface area is 205 Å². The Hall–Kier alpha value is -3.00. The average Bonchev–Trinajstić information content (AvgIpc) is 2.78. The van der Waals surface area contributed by atoms with Crippen LogP contribution < -0.4 is 10.6 Å². The van der Waals surface area contributed by atoms with Crippen molar-refractivity contribution in [1.29, 1.82) is 0 Å². The number of carbonyl (C=O) groups excluding carboxylic acids is 2. The fraction of sp³-hybridized carbons (Fsp3) is 0.250. The van der Waals surface area contributed by atoms with Crippen molar-refractivity contribution in [2.24, 2.45) is 9.98 Å². The number of nitrogens with one attached hydrogen (secondary N) is 2. The van der Waals surface area contributed by atoms with Crippen molar-refractivity contribution in [1.82, 2.24) is 0 Å². The molecular weight excluding hydrogens is 474 g/mol. The molecule has 33 heavy (non-hydrogen) atoms. The van der Waals surface area contributed by atoms with Crippen LogP contribution in [0.1, 0.15) is 25.0 Å². The Morgan fingerprint density at radius 1 is 0.758 bits per heavy atom. The summed E-state index contributed by atoms with van der Waals surface area (Å²) < 4.78 is 0. The average molecular weight is 500 g/mol. The molecule has 3 rings (SSSR count). The molecule has 0 aromatic heterocycles. The van der Waals surface area contributed by atoms with E-state index in [1.54, 1.807) is 26.2 Å². The number of carbonyl (C=O) groups is 2. The fourth-order valence-corrected chi connectivity index (χ4v) is 3.21. The molecule has 0 saturated carbocycles. The van der Waals surface area contributed by atoms with E-state index in [1.807, 2.05) is 26.0 Å². The molecule has 1 aromatic carbocycles. The molecule has 9 heteroatoms. The molecule has 2 heterocycles. The van der Waals surface area contributed by atoms with E-state index in [0.29, 0.717) is 45.1 Å². The largest absolute Gasteiger partial charge is 0.392 e. The Morgan fingerprint density at radius 2 is 1.12 bits per heavy atom. The summed E-state index contributed by atoms with van der Waals surface area (Å²) >= 11 is 0. The van der Waals surface area contributed by atoms with Crippen LogP contribution in [0.3, 0.4) is 0 Å². The van der Waals surface area contributed by atoms with Crippen LogP contribution in [0, 0.1) is 13.8 Å². The zero-order valence-electron chi connectivity index (χ0n) is 19.2. The quantitative estimate of drug-likeness (QED) is 0.352. The summed E-state index contributed by atoms with van der Waals surface area (Å²) in [5, 5.41) is 25.4. The van der Waals surface area contributed by atoms with E-state index in [2.05, 4.69) is 20.6 Å². The number of hydrogen-bond acceptors (Lipinski definition) is 8. The smallest absolute Gasteiger partial charge is 0.208 e. The van der Waals surface area contributed by atoms with Gasteiger partial charge in [0.25, 0.3) is 0 Å². The first-order valence-electron chi connectivity index (χ1n) is 10.1. The number of aliphatic hydroxyl groups excluding tert-OH is 2. The zero-order chi connectivity index (χ0) is 23.4. The number of aliphatic imine (C=N–C) groups is 2. The van der Waals surface area contributed by atoms with Crippen molar-refractivity contribution in [3.8, 4) is 0 Å². The van der Waals surface area contributed by atoms with Crippen LogP contribution >= 0.6 is 0 Å². The molecule has 0 atom stereocenters. The molecule has 4 N–H and O–H groups in total. The molecule has 0 unspecified atom stereocenters. The van der Waals surface area contributed by atoms with Gasteiger partial charge in [-0.3, -0.25) is 19.6 Å². The molecule has 168 valence electrons. The summed E-state index contributed by atoms with van der Waals surface area (Å²) in [7, 11) is 0. The molecule has 1 aromatic rings. The predicted molar refractivity (Wildman–Crippen MR) is 126 cm³/mol. The van der Waals surface area contributed by atoms with Crippen molar-refractivity contribution in [2.75, 3.05) is 23.8 Å². The maximum atomic E-state index is 12.5. The van der Waals surface area contributed by atoms with Gasteiger partial charge in [-0.1, -0.05) is 0 Å². The van der Waals surface area contributed by atoms with E-state index >= 15 is 0 Å². The number of hydrogen-bond donors (Lipinski definition) is 4. The van der Waals surface area contributed by atoms with Crippen molar-refractivity contribution >= 4 is 34.4 Å². The Bertz CT molecular complexity index is 1080. The number of ketones is 2. The van der Waals surface area contributed by atoms with Crippen molar-refractivity contribution in [3.63, 3.8) is 0 Å². The number of aryl methyl sites for hydroxylation is 2. The minimum Gasteiger partial charge on any atom is -0.392 e. The molecule has 8 nitrogen and oxygen atoms in total. The van der Waals surface area contributed by atoms with Crippen LogP contribution in [0.4, 0.5) is 11.4 Å². The van der Waals surface area contributed by atoms with Crippen molar-refractivity contribution in [2.45, 2.75) is 27.7 Å². The summed E-state index contributed by atoms with van der Waals surface area (Å²) in [6.07, 6.45) is 6.06. The van der Waals surface area contributed by atoms with Crippen LogP contribution in [0.5, 0.6) is 0 Å². The molecular formula is C24H26N4O4Zn. The van der Waals surface area contributed by atoms with E-state index in [-0.39, 0.29) is 44.3 Å². The summed E-state index contributed by atoms with van der Waals surface area (Å²) in [5.74, 6) is -0.519. The number of aliphatic hydroxyl groups is 2. The molecule has 0 amide bonds.